The maximum absolute atomic E-state index is 13.6. The number of hydrogen-bond donors (Lipinski definition) is 2. The molecule has 1 unspecified atom stereocenters. The van der Waals surface area contributed by atoms with Gasteiger partial charge < -0.3 is 25.0 Å². The summed E-state index contributed by atoms with van der Waals surface area (Å²) in [4.78, 5) is 6.70. The Labute approximate surface area is 169 Å². The van der Waals surface area contributed by atoms with Gasteiger partial charge in [0.1, 0.15) is 5.82 Å². The van der Waals surface area contributed by atoms with E-state index in [1.54, 1.807) is 12.1 Å². The third-order valence-corrected chi connectivity index (χ3v) is 4.18. The van der Waals surface area contributed by atoms with Crippen LogP contribution in [0.5, 0.6) is 0 Å². The van der Waals surface area contributed by atoms with Crippen LogP contribution >= 0.6 is 0 Å². The van der Waals surface area contributed by atoms with Crippen molar-refractivity contribution in [3.8, 4) is 0 Å². The predicted molar refractivity (Wildman–Crippen MR) is 113 cm³/mol. The van der Waals surface area contributed by atoms with E-state index in [0.29, 0.717) is 32.9 Å². The zero-order chi connectivity index (χ0) is 20.6. The van der Waals surface area contributed by atoms with Gasteiger partial charge in [-0.3, -0.25) is 4.99 Å². The monoisotopic (exact) mass is 396 g/mol. The average molecular weight is 397 g/mol. The molecule has 0 saturated carbocycles. The largest absolute Gasteiger partial charge is 0.379 e. The Bertz CT molecular complexity index is 555. The normalized spacial score (nSPS) is 13.0. The van der Waals surface area contributed by atoms with Gasteiger partial charge in [0.05, 0.1) is 32.4 Å². The third-order valence-electron chi connectivity index (χ3n) is 4.18. The van der Waals surface area contributed by atoms with Crippen molar-refractivity contribution >= 4 is 5.96 Å². The van der Waals surface area contributed by atoms with Gasteiger partial charge in [-0.2, -0.15) is 0 Å². The van der Waals surface area contributed by atoms with E-state index in [9.17, 15) is 4.39 Å². The van der Waals surface area contributed by atoms with Crippen LogP contribution < -0.4 is 10.6 Å². The highest BCUT2D eigenvalue weighted by Crippen LogP contribution is 2.19. The molecule has 0 amide bonds. The van der Waals surface area contributed by atoms with Crippen LogP contribution in [0, 0.1) is 5.82 Å². The van der Waals surface area contributed by atoms with Gasteiger partial charge in [0.25, 0.3) is 0 Å². The summed E-state index contributed by atoms with van der Waals surface area (Å²) in [6.45, 7) is 8.74. The lowest BCUT2D eigenvalue weighted by atomic mass is 10.1. The molecule has 28 heavy (non-hydrogen) atoms. The Morgan fingerprint density at radius 2 is 1.86 bits per heavy atom. The quantitative estimate of drug-likeness (QED) is 0.288. The molecule has 2 N–H and O–H groups in total. The summed E-state index contributed by atoms with van der Waals surface area (Å²) in [5, 5.41) is 6.50. The summed E-state index contributed by atoms with van der Waals surface area (Å²) >= 11 is 0. The van der Waals surface area contributed by atoms with E-state index in [0.717, 1.165) is 37.5 Å². The molecule has 1 aromatic rings. The summed E-state index contributed by atoms with van der Waals surface area (Å²) in [6, 6.07) is 6.69. The molecule has 0 aliphatic heterocycles. The first-order chi connectivity index (χ1) is 13.6. The van der Waals surface area contributed by atoms with Crippen molar-refractivity contribution in [3.05, 3.63) is 35.6 Å². The molecule has 6 nitrogen and oxygen atoms in total. The maximum atomic E-state index is 13.6. The summed E-state index contributed by atoms with van der Waals surface area (Å²) < 4.78 is 24.6. The predicted octanol–water partition coefficient (Wildman–Crippen LogP) is 2.82. The minimum atomic E-state index is -0.228. The molecule has 0 saturated heterocycles. The van der Waals surface area contributed by atoms with Gasteiger partial charge in [0.15, 0.2) is 5.96 Å². The highest BCUT2D eigenvalue weighted by atomic mass is 19.1. The summed E-state index contributed by atoms with van der Waals surface area (Å²) in [6.07, 6.45) is 2.23. The van der Waals surface area contributed by atoms with Gasteiger partial charge in [-0.15, -0.1) is 0 Å². The summed E-state index contributed by atoms with van der Waals surface area (Å²) in [5.74, 6) is 0.503. The number of guanidine groups is 1. The minimum absolute atomic E-state index is 0.00248. The number of rotatable bonds is 14. The van der Waals surface area contributed by atoms with Gasteiger partial charge in [-0.1, -0.05) is 25.5 Å². The molecule has 0 fully saturated rings. The number of aliphatic imine (C=N–C) groups is 1. The SMILES string of the molecule is CCCCOCCOCCNC(=NCC(c1cccc(F)c1)N(C)C)NCC. The standard InChI is InChI=1S/C21H37FN4O2/c1-5-7-12-27-14-15-28-13-11-24-21(23-6-2)25-17-20(26(3)4)18-9-8-10-19(22)16-18/h8-10,16,20H,5-7,11-15,17H2,1-4H3,(H2,23,24,25). The second kappa shape index (κ2) is 15.2. The van der Waals surface area contributed by atoms with Crippen LogP contribution in [-0.4, -0.2) is 71.0 Å². The number of halogens is 1. The molecule has 0 spiro atoms. The van der Waals surface area contributed by atoms with Crippen molar-refractivity contribution in [1.82, 2.24) is 15.5 Å². The molecule has 1 atom stereocenters. The lowest BCUT2D eigenvalue weighted by molar-refractivity contribution is 0.0487. The van der Waals surface area contributed by atoms with Crippen molar-refractivity contribution in [2.24, 2.45) is 4.99 Å². The molecule has 0 aliphatic carbocycles. The zero-order valence-corrected chi connectivity index (χ0v) is 17.8. The first-order valence-electron chi connectivity index (χ1n) is 10.2. The molecule has 0 aliphatic rings. The average Bonchev–Trinajstić information content (AvgIpc) is 2.66. The van der Waals surface area contributed by atoms with E-state index in [1.165, 1.54) is 6.07 Å². The molecular formula is C21H37FN4O2. The first kappa shape index (κ1) is 24.3. The van der Waals surface area contributed by atoms with E-state index in [-0.39, 0.29) is 11.9 Å². The van der Waals surface area contributed by atoms with Crippen LogP contribution in [0.25, 0.3) is 0 Å². The van der Waals surface area contributed by atoms with E-state index in [2.05, 4.69) is 22.5 Å². The van der Waals surface area contributed by atoms with Crippen molar-refractivity contribution in [2.45, 2.75) is 32.7 Å². The lowest BCUT2D eigenvalue weighted by Gasteiger charge is -2.23. The Balaban J connectivity index is 2.42. The van der Waals surface area contributed by atoms with E-state index in [1.807, 2.05) is 32.0 Å². The fourth-order valence-electron chi connectivity index (χ4n) is 2.61. The van der Waals surface area contributed by atoms with Crippen LogP contribution in [0.15, 0.2) is 29.3 Å². The number of nitrogens with one attached hydrogen (secondary N) is 2. The van der Waals surface area contributed by atoms with Crippen LogP contribution in [0.2, 0.25) is 0 Å². The minimum Gasteiger partial charge on any atom is -0.379 e. The lowest BCUT2D eigenvalue weighted by Crippen LogP contribution is -2.39. The fourth-order valence-corrected chi connectivity index (χ4v) is 2.61. The highest BCUT2D eigenvalue weighted by molar-refractivity contribution is 5.79. The number of unbranched alkanes of at least 4 members (excludes halogenated alkanes) is 1. The third kappa shape index (κ3) is 10.6. The molecule has 7 heteroatoms. The topological polar surface area (TPSA) is 58.1 Å². The van der Waals surface area contributed by atoms with Gasteiger partial charge in [0, 0.05) is 19.7 Å². The first-order valence-corrected chi connectivity index (χ1v) is 10.2. The second-order valence-corrected chi connectivity index (χ2v) is 6.76. The molecule has 0 radical (unpaired) electrons. The van der Waals surface area contributed by atoms with Crippen molar-refractivity contribution in [3.63, 3.8) is 0 Å². The van der Waals surface area contributed by atoms with Gasteiger partial charge in [0.2, 0.25) is 0 Å². The molecule has 1 rings (SSSR count). The van der Waals surface area contributed by atoms with E-state index in [4.69, 9.17) is 9.47 Å². The van der Waals surface area contributed by atoms with Crippen molar-refractivity contribution in [1.29, 1.82) is 0 Å². The molecular weight excluding hydrogens is 359 g/mol. The van der Waals surface area contributed by atoms with Gasteiger partial charge in [-0.25, -0.2) is 4.39 Å². The Kier molecular flexibility index (Phi) is 13.3. The smallest absolute Gasteiger partial charge is 0.191 e. The molecule has 0 heterocycles. The molecule has 160 valence electrons. The fraction of sp³-hybridized carbons (Fsp3) is 0.667. The molecule has 0 bridgehead atoms. The summed E-state index contributed by atoms with van der Waals surface area (Å²) in [7, 11) is 3.95. The Hall–Kier alpha value is -1.70. The Morgan fingerprint density at radius 3 is 2.50 bits per heavy atom. The van der Waals surface area contributed by atoms with Crippen molar-refractivity contribution in [2.75, 3.05) is 60.2 Å². The van der Waals surface area contributed by atoms with Crippen LogP contribution in [-0.2, 0) is 9.47 Å². The number of ether oxygens (including phenoxy) is 2. The van der Waals surface area contributed by atoms with Gasteiger partial charge in [-0.05, 0) is 45.1 Å². The highest BCUT2D eigenvalue weighted by Gasteiger charge is 2.14. The number of nitrogens with zero attached hydrogens (tertiary/aromatic N) is 2. The molecule has 1 aromatic carbocycles. The molecule has 0 aromatic heterocycles. The zero-order valence-electron chi connectivity index (χ0n) is 17.8. The van der Waals surface area contributed by atoms with E-state index < -0.39 is 0 Å². The van der Waals surface area contributed by atoms with Crippen LogP contribution in [0.1, 0.15) is 38.3 Å². The summed E-state index contributed by atoms with van der Waals surface area (Å²) in [5.41, 5.74) is 0.913. The number of likely N-dealkylation sites (N-methyl/N-ethyl adjacent to an activating group) is 1. The Morgan fingerprint density at radius 1 is 1.11 bits per heavy atom. The number of benzene rings is 1. The van der Waals surface area contributed by atoms with Gasteiger partial charge >= 0.3 is 0 Å². The second-order valence-electron chi connectivity index (χ2n) is 6.76. The maximum Gasteiger partial charge on any atom is 0.191 e. The van der Waals surface area contributed by atoms with E-state index >= 15 is 0 Å². The van der Waals surface area contributed by atoms with Crippen LogP contribution in [0.3, 0.4) is 0 Å². The van der Waals surface area contributed by atoms with Crippen LogP contribution in [0.4, 0.5) is 4.39 Å². The van der Waals surface area contributed by atoms with Crippen molar-refractivity contribution < 1.29 is 13.9 Å². The number of hydrogen-bond acceptors (Lipinski definition) is 4.